The van der Waals surface area contributed by atoms with Gasteiger partial charge in [0.25, 0.3) is 0 Å². The summed E-state index contributed by atoms with van der Waals surface area (Å²) in [6.07, 6.45) is 0.217. The molecule has 0 saturated carbocycles. The molecule has 19 heavy (non-hydrogen) atoms. The van der Waals surface area contributed by atoms with Gasteiger partial charge in [-0.25, -0.2) is 0 Å². The van der Waals surface area contributed by atoms with Crippen molar-refractivity contribution in [3.05, 3.63) is 0 Å². The predicted molar refractivity (Wildman–Crippen MR) is 82.2 cm³/mol. The first-order valence-corrected chi connectivity index (χ1v) is 7.45. The van der Waals surface area contributed by atoms with Crippen molar-refractivity contribution in [2.75, 3.05) is 26.4 Å². The van der Waals surface area contributed by atoms with Crippen LogP contribution in [0.2, 0.25) is 0 Å². The molecule has 0 aliphatic heterocycles. The van der Waals surface area contributed by atoms with Gasteiger partial charge in [0.15, 0.2) is 0 Å². The van der Waals surface area contributed by atoms with E-state index in [9.17, 15) is 0 Å². The van der Waals surface area contributed by atoms with Crippen LogP contribution in [0, 0.1) is 0 Å². The maximum absolute atomic E-state index is 5.74. The van der Waals surface area contributed by atoms with E-state index in [0.29, 0.717) is 26.4 Å². The Kier molecular flexibility index (Phi) is 12.8. The van der Waals surface area contributed by atoms with Crippen LogP contribution in [-0.2, 0) is 23.3 Å². The Balaban J connectivity index is 3.54. The number of rotatable bonds is 12. The van der Waals surface area contributed by atoms with Crippen LogP contribution in [0.4, 0.5) is 0 Å². The van der Waals surface area contributed by atoms with Crippen molar-refractivity contribution in [1.82, 2.24) is 0 Å². The van der Waals surface area contributed by atoms with E-state index in [1.165, 1.54) is 0 Å². The molecule has 6 unspecified atom stereocenters. The number of hydrogen-bond acceptors (Lipinski definition) is 5. The third-order valence-electron chi connectivity index (χ3n) is 2.34. The zero-order chi connectivity index (χ0) is 14.7. The molecule has 0 amide bonds. The van der Waals surface area contributed by atoms with Gasteiger partial charge < -0.3 is 23.3 Å². The normalized spacial score (nSPS) is 18.0. The van der Waals surface area contributed by atoms with Gasteiger partial charge in [0, 0.05) is 18.9 Å². The topological polar surface area (TPSA) is 46.2 Å². The summed E-state index contributed by atoms with van der Waals surface area (Å²) in [6.45, 7) is 10.1. The summed E-state index contributed by atoms with van der Waals surface area (Å²) >= 11 is 0. The summed E-state index contributed by atoms with van der Waals surface area (Å²) in [5, 5.41) is 0. The maximum Gasteiger partial charge on any atom is 0.0816 e. The summed E-state index contributed by atoms with van der Waals surface area (Å²) < 4.78 is 26.7. The fourth-order valence-corrected chi connectivity index (χ4v) is 1.51. The summed E-state index contributed by atoms with van der Waals surface area (Å²) in [6, 6.07) is 0. The molecule has 0 N–H and O–H groups in total. The lowest BCUT2D eigenvalue weighted by Gasteiger charge is -2.20. The standard InChI is InChI=1S/C12H28O5P2/c1-9(5-13-7-11(3)16-18)15-10(2)6-14-8-12(4)17-19/h9-12H,5-8,18-19H2,1-4H3. The SMILES string of the molecule is CC(COCC(C)OC(C)COCC(C)OP)OP. The second-order valence-electron chi connectivity index (χ2n) is 4.73. The van der Waals surface area contributed by atoms with E-state index in [2.05, 4.69) is 18.9 Å². The van der Waals surface area contributed by atoms with Crippen molar-refractivity contribution in [1.29, 1.82) is 0 Å². The summed E-state index contributed by atoms with van der Waals surface area (Å²) in [4.78, 5) is 0. The molecular formula is C12H28O5P2. The quantitative estimate of drug-likeness (QED) is 0.517. The van der Waals surface area contributed by atoms with E-state index in [-0.39, 0.29) is 24.4 Å². The van der Waals surface area contributed by atoms with Crippen LogP contribution in [0.3, 0.4) is 0 Å². The Hall–Kier alpha value is 0.660. The van der Waals surface area contributed by atoms with Crippen molar-refractivity contribution in [3.8, 4) is 0 Å². The monoisotopic (exact) mass is 314 g/mol. The highest BCUT2D eigenvalue weighted by molar-refractivity contribution is 7.10. The first-order valence-electron chi connectivity index (χ1n) is 6.51. The van der Waals surface area contributed by atoms with E-state index in [4.69, 9.17) is 23.3 Å². The minimum absolute atomic E-state index is 0.0331. The maximum atomic E-state index is 5.74. The highest BCUT2D eigenvalue weighted by Gasteiger charge is 2.10. The van der Waals surface area contributed by atoms with Crippen LogP contribution >= 0.6 is 18.9 Å². The van der Waals surface area contributed by atoms with Gasteiger partial charge in [0.05, 0.1) is 50.8 Å². The van der Waals surface area contributed by atoms with E-state index in [1.54, 1.807) is 0 Å². The zero-order valence-electron chi connectivity index (χ0n) is 12.3. The van der Waals surface area contributed by atoms with Gasteiger partial charge in [-0.05, 0) is 27.7 Å². The largest absolute Gasteiger partial charge is 0.376 e. The molecule has 0 aromatic carbocycles. The lowest BCUT2D eigenvalue weighted by Crippen LogP contribution is -2.27. The molecule has 5 nitrogen and oxygen atoms in total. The molecule has 0 saturated heterocycles. The fourth-order valence-electron chi connectivity index (χ4n) is 1.35. The Bertz CT molecular complexity index is 189. The van der Waals surface area contributed by atoms with Crippen LogP contribution in [0.25, 0.3) is 0 Å². The predicted octanol–water partition coefficient (Wildman–Crippen LogP) is 2.20. The van der Waals surface area contributed by atoms with Crippen molar-refractivity contribution >= 4 is 18.9 Å². The van der Waals surface area contributed by atoms with Gasteiger partial charge in [0.1, 0.15) is 0 Å². The third kappa shape index (κ3) is 12.1. The molecule has 116 valence electrons. The molecule has 0 aromatic heterocycles. The lowest BCUT2D eigenvalue weighted by molar-refractivity contribution is -0.0805. The van der Waals surface area contributed by atoms with Crippen LogP contribution in [0.1, 0.15) is 27.7 Å². The average Bonchev–Trinajstić information content (AvgIpc) is 2.37. The summed E-state index contributed by atoms with van der Waals surface area (Å²) in [5.74, 6) is 0. The van der Waals surface area contributed by atoms with Crippen molar-refractivity contribution < 1.29 is 23.3 Å². The van der Waals surface area contributed by atoms with E-state index in [1.807, 2.05) is 27.7 Å². The Morgan fingerprint density at radius 2 is 0.947 bits per heavy atom. The molecule has 0 radical (unpaired) electrons. The third-order valence-corrected chi connectivity index (χ3v) is 3.27. The first kappa shape index (κ1) is 19.7. The summed E-state index contributed by atoms with van der Waals surface area (Å²) in [7, 11) is 4.46. The molecule has 0 aliphatic rings. The fraction of sp³-hybridized carbons (Fsp3) is 1.00. The van der Waals surface area contributed by atoms with Crippen LogP contribution in [-0.4, -0.2) is 50.8 Å². The average molecular weight is 314 g/mol. The molecule has 0 rings (SSSR count). The van der Waals surface area contributed by atoms with Crippen molar-refractivity contribution in [2.24, 2.45) is 0 Å². The van der Waals surface area contributed by atoms with Gasteiger partial charge >= 0.3 is 0 Å². The molecule has 0 bridgehead atoms. The lowest BCUT2D eigenvalue weighted by atomic mass is 10.3. The van der Waals surface area contributed by atoms with Gasteiger partial charge in [0.2, 0.25) is 0 Å². The molecule has 0 heterocycles. The van der Waals surface area contributed by atoms with Crippen molar-refractivity contribution in [3.63, 3.8) is 0 Å². The zero-order valence-corrected chi connectivity index (χ0v) is 14.6. The van der Waals surface area contributed by atoms with Gasteiger partial charge in [-0.3, -0.25) is 0 Å². The first-order chi connectivity index (χ1) is 8.99. The molecule has 0 spiro atoms. The second kappa shape index (κ2) is 12.4. The van der Waals surface area contributed by atoms with Crippen LogP contribution < -0.4 is 0 Å². The highest BCUT2D eigenvalue weighted by atomic mass is 31.0. The summed E-state index contributed by atoms with van der Waals surface area (Å²) in [5.41, 5.74) is 0. The van der Waals surface area contributed by atoms with Crippen molar-refractivity contribution in [2.45, 2.75) is 52.1 Å². The Morgan fingerprint density at radius 1 is 0.632 bits per heavy atom. The Labute approximate surface area is 121 Å². The van der Waals surface area contributed by atoms with E-state index < -0.39 is 0 Å². The molecule has 0 aromatic rings. The molecule has 0 aliphatic carbocycles. The van der Waals surface area contributed by atoms with Crippen LogP contribution in [0.5, 0.6) is 0 Å². The van der Waals surface area contributed by atoms with E-state index >= 15 is 0 Å². The molecule has 7 heteroatoms. The molecule has 0 fully saturated rings. The molecule has 6 atom stereocenters. The van der Waals surface area contributed by atoms with Gasteiger partial charge in [-0.1, -0.05) is 0 Å². The van der Waals surface area contributed by atoms with Crippen LogP contribution in [0.15, 0.2) is 0 Å². The molecular weight excluding hydrogens is 286 g/mol. The van der Waals surface area contributed by atoms with Gasteiger partial charge in [-0.15, -0.1) is 0 Å². The minimum atomic E-state index is 0.0331. The van der Waals surface area contributed by atoms with E-state index in [0.717, 1.165) is 0 Å². The highest BCUT2D eigenvalue weighted by Crippen LogP contribution is 2.03. The Morgan fingerprint density at radius 3 is 1.26 bits per heavy atom. The second-order valence-corrected chi connectivity index (χ2v) is 5.27. The smallest absolute Gasteiger partial charge is 0.0816 e. The minimum Gasteiger partial charge on any atom is -0.376 e. The van der Waals surface area contributed by atoms with Gasteiger partial charge in [-0.2, -0.15) is 0 Å². The number of hydrogen-bond donors (Lipinski definition) is 0. The number of ether oxygens (including phenoxy) is 3.